The van der Waals surface area contributed by atoms with Gasteiger partial charge >= 0.3 is 0 Å². The Labute approximate surface area is 157 Å². The lowest BCUT2D eigenvalue weighted by molar-refractivity contribution is -0.114. The summed E-state index contributed by atoms with van der Waals surface area (Å²) < 4.78 is 5.85. The monoisotopic (exact) mass is 366 g/mol. The molecule has 0 radical (unpaired) electrons. The van der Waals surface area contributed by atoms with Crippen molar-refractivity contribution in [3.05, 3.63) is 83.4 Å². The van der Waals surface area contributed by atoms with E-state index in [4.69, 9.17) is 16.3 Å². The first-order valence-electron chi connectivity index (χ1n) is 8.23. The molecule has 3 aromatic rings. The average molecular weight is 367 g/mol. The highest BCUT2D eigenvalue weighted by Crippen LogP contribution is 2.29. The summed E-state index contributed by atoms with van der Waals surface area (Å²) in [7, 11) is 0. The van der Waals surface area contributed by atoms with Crippen LogP contribution in [0.5, 0.6) is 11.5 Å². The maximum absolute atomic E-state index is 12.3. The summed E-state index contributed by atoms with van der Waals surface area (Å²) in [5.74, 6) is 1.12. The predicted octanol–water partition coefficient (Wildman–Crippen LogP) is 5.49. The van der Waals surface area contributed by atoms with Gasteiger partial charge in [0.05, 0.1) is 12.2 Å². The fraction of sp³-hybridized carbons (Fsp3) is 0.0952. The number of benzene rings is 3. The highest BCUT2D eigenvalue weighted by atomic mass is 35.5. The summed E-state index contributed by atoms with van der Waals surface area (Å²) >= 11 is 6.10. The van der Waals surface area contributed by atoms with Crippen molar-refractivity contribution in [2.24, 2.45) is 0 Å². The van der Waals surface area contributed by atoms with Crippen molar-refractivity contribution in [3.63, 3.8) is 0 Å². The van der Waals surface area contributed by atoms with E-state index in [-0.39, 0.29) is 12.5 Å². The van der Waals surface area contributed by atoms with Crippen molar-refractivity contribution in [1.29, 1.82) is 0 Å². The van der Waals surface area contributed by atoms with Crippen molar-refractivity contribution in [3.8, 4) is 11.5 Å². The molecule has 0 heterocycles. The Hall–Kier alpha value is -2.98. The molecular formula is C21H19ClN2O2. The molecule has 3 aromatic carbocycles. The zero-order valence-electron chi connectivity index (χ0n) is 14.3. The van der Waals surface area contributed by atoms with Crippen molar-refractivity contribution in [1.82, 2.24) is 0 Å². The summed E-state index contributed by atoms with van der Waals surface area (Å²) in [4.78, 5) is 12.3. The largest absolute Gasteiger partial charge is 0.455 e. The van der Waals surface area contributed by atoms with E-state index in [0.29, 0.717) is 22.2 Å². The normalized spacial score (nSPS) is 10.2. The third-order valence-electron chi connectivity index (χ3n) is 3.76. The van der Waals surface area contributed by atoms with Crippen LogP contribution in [-0.4, -0.2) is 12.5 Å². The van der Waals surface area contributed by atoms with Crippen LogP contribution in [0.1, 0.15) is 5.56 Å². The number of amides is 1. The van der Waals surface area contributed by atoms with Crippen LogP contribution in [0, 0.1) is 6.92 Å². The van der Waals surface area contributed by atoms with Crippen LogP contribution in [0.15, 0.2) is 72.8 Å². The number of para-hydroxylation sites is 3. The van der Waals surface area contributed by atoms with Gasteiger partial charge in [0, 0.05) is 10.7 Å². The molecule has 3 rings (SSSR count). The molecule has 0 fully saturated rings. The second-order valence-electron chi connectivity index (χ2n) is 5.78. The van der Waals surface area contributed by atoms with Crippen molar-refractivity contribution in [2.75, 3.05) is 17.2 Å². The smallest absolute Gasteiger partial charge is 0.243 e. The summed E-state index contributed by atoms with van der Waals surface area (Å²) in [5, 5.41) is 6.60. The Morgan fingerprint density at radius 2 is 1.73 bits per heavy atom. The summed E-state index contributed by atoms with van der Waals surface area (Å²) in [5.41, 5.74) is 2.41. The van der Waals surface area contributed by atoms with Gasteiger partial charge in [0.25, 0.3) is 0 Å². The molecule has 132 valence electrons. The Kier molecular flexibility index (Phi) is 5.77. The van der Waals surface area contributed by atoms with Gasteiger partial charge < -0.3 is 15.4 Å². The Morgan fingerprint density at radius 3 is 2.50 bits per heavy atom. The van der Waals surface area contributed by atoms with E-state index in [2.05, 4.69) is 10.6 Å². The maximum atomic E-state index is 12.3. The molecule has 26 heavy (non-hydrogen) atoms. The topological polar surface area (TPSA) is 50.4 Å². The summed E-state index contributed by atoms with van der Waals surface area (Å²) in [6.07, 6.45) is 0. The molecule has 0 saturated carbocycles. The molecule has 5 heteroatoms. The Bertz CT molecular complexity index is 898. The number of halogens is 1. The van der Waals surface area contributed by atoms with E-state index in [0.717, 1.165) is 11.3 Å². The van der Waals surface area contributed by atoms with Gasteiger partial charge in [-0.15, -0.1) is 0 Å². The quantitative estimate of drug-likeness (QED) is 0.606. The highest BCUT2D eigenvalue weighted by molar-refractivity contribution is 6.31. The van der Waals surface area contributed by atoms with Gasteiger partial charge in [0.2, 0.25) is 5.91 Å². The number of rotatable bonds is 6. The lowest BCUT2D eigenvalue weighted by Crippen LogP contribution is -2.22. The van der Waals surface area contributed by atoms with E-state index in [1.54, 1.807) is 12.1 Å². The van der Waals surface area contributed by atoms with Gasteiger partial charge in [-0.3, -0.25) is 4.79 Å². The Morgan fingerprint density at radius 1 is 1.00 bits per heavy atom. The molecule has 0 aliphatic carbocycles. The molecule has 0 bridgehead atoms. The SMILES string of the molecule is Cc1ccc(NCC(=O)Nc2ccccc2Oc2ccccc2)cc1Cl. The third-order valence-corrected chi connectivity index (χ3v) is 4.16. The third kappa shape index (κ3) is 4.77. The van der Waals surface area contributed by atoms with Crippen LogP contribution >= 0.6 is 11.6 Å². The molecule has 0 aliphatic rings. The molecular weight excluding hydrogens is 348 g/mol. The summed E-state index contributed by atoms with van der Waals surface area (Å²) in [6.45, 7) is 2.06. The van der Waals surface area contributed by atoms with Crippen molar-refractivity contribution in [2.45, 2.75) is 6.92 Å². The van der Waals surface area contributed by atoms with Gasteiger partial charge in [0.1, 0.15) is 5.75 Å². The van der Waals surface area contributed by atoms with Crippen LogP contribution in [0.3, 0.4) is 0 Å². The van der Waals surface area contributed by atoms with Crippen LogP contribution < -0.4 is 15.4 Å². The Balaban J connectivity index is 1.63. The van der Waals surface area contributed by atoms with Gasteiger partial charge in [0.15, 0.2) is 5.75 Å². The van der Waals surface area contributed by atoms with E-state index in [9.17, 15) is 4.79 Å². The first kappa shape index (κ1) is 17.8. The fourth-order valence-electron chi connectivity index (χ4n) is 2.35. The van der Waals surface area contributed by atoms with E-state index in [1.165, 1.54) is 0 Å². The zero-order valence-corrected chi connectivity index (χ0v) is 15.1. The first-order chi connectivity index (χ1) is 12.6. The number of hydrogen-bond acceptors (Lipinski definition) is 3. The van der Waals surface area contributed by atoms with E-state index >= 15 is 0 Å². The molecule has 2 N–H and O–H groups in total. The molecule has 0 atom stereocenters. The molecule has 0 aromatic heterocycles. The van der Waals surface area contributed by atoms with Crippen molar-refractivity contribution >= 4 is 28.9 Å². The molecule has 4 nitrogen and oxygen atoms in total. The number of nitrogens with one attached hydrogen (secondary N) is 2. The second kappa shape index (κ2) is 8.41. The minimum absolute atomic E-state index is 0.124. The molecule has 1 amide bonds. The fourth-order valence-corrected chi connectivity index (χ4v) is 2.53. The van der Waals surface area contributed by atoms with Gasteiger partial charge in [-0.1, -0.05) is 48.0 Å². The average Bonchev–Trinajstić information content (AvgIpc) is 2.65. The number of carbonyl (C=O) groups excluding carboxylic acids is 1. The molecule has 0 aliphatic heterocycles. The van der Waals surface area contributed by atoms with Crippen LogP contribution in [0.25, 0.3) is 0 Å². The van der Waals surface area contributed by atoms with Gasteiger partial charge in [-0.05, 0) is 48.9 Å². The van der Waals surface area contributed by atoms with Crippen LogP contribution in [0.4, 0.5) is 11.4 Å². The highest BCUT2D eigenvalue weighted by Gasteiger charge is 2.08. The standard InChI is InChI=1S/C21H19ClN2O2/c1-15-11-12-16(13-18(15)22)23-14-21(25)24-19-9-5-6-10-20(19)26-17-7-3-2-4-8-17/h2-13,23H,14H2,1H3,(H,24,25). The number of hydrogen-bond donors (Lipinski definition) is 2. The number of anilines is 2. The maximum Gasteiger partial charge on any atom is 0.243 e. The van der Waals surface area contributed by atoms with Crippen molar-refractivity contribution < 1.29 is 9.53 Å². The number of carbonyl (C=O) groups is 1. The van der Waals surface area contributed by atoms with Crippen LogP contribution in [-0.2, 0) is 4.79 Å². The predicted molar refractivity (Wildman–Crippen MR) is 106 cm³/mol. The van der Waals surface area contributed by atoms with E-state index < -0.39 is 0 Å². The summed E-state index contributed by atoms with van der Waals surface area (Å²) in [6, 6.07) is 22.4. The van der Waals surface area contributed by atoms with Gasteiger partial charge in [-0.2, -0.15) is 0 Å². The van der Waals surface area contributed by atoms with E-state index in [1.807, 2.05) is 67.6 Å². The molecule has 0 unspecified atom stereocenters. The number of aryl methyl sites for hydroxylation is 1. The number of ether oxygens (including phenoxy) is 1. The lowest BCUT2D eigenvalue weighted by atomic mass is 10.2. The van der Waals surface area contributed by atoms with Crippen LogP contribution in [0.2, 0.25) is 5.02 Å². The van der Waals surface area contributed by atoms with Gasteiger partial charge in [-0.25, -0.2) is 0 Å². The first-order valence-corrected chi connectivity index (χ1v) is 8.61. The minimum Gasteiger partial charge on any atom is -0.455 e. The molecule has 0 spiro atoms. The lowest BCUT2D eigenvalue weighted by Gasteiger charge is -2.13. The molecule has 0 saturated heterocycles. The second-order valence-corrected chi connectivity index (χ2v) is 6.18. The minimum atomic E-state index is -0.175. The zero-order chi connectivity index (χ0) is 18.4.